The molecule has 1 aromatic carbocycles. The second-order valence-corrected chi connectivity index (χ2v) is 6.88. The van der Waals surface area contributed by atoms with E-state index in [1.165, 1.54) is 13.2 Å². The smallest absolute Gasteiger partial charge is 0.242 e. The molecule has 0 aliphatic rings. The zero-order valence-corrected chi connectivity index (χ0v) is 13.9. The topological polar surface area (TPSA) is 67.4 Å². The third-order valence-electron chi connectivity index (χ3n) is 2.51. The number of ether oxygens (including phenoxy) is 1. The van der Waals surface area contributed by atoms with Gasteiger partial charge >= 0.3 is 0 Å². The van der Waals surface area contributed by atoms with Crippen molar-refractivity contribution in [2.24, 2.45) is 0 Å². The number of hydrogen-bond donors (Lipinski definition) is 2. The van der Waals surface area contributed by atoms with Gasteiger partial charge in [-0.05, 0) is 31.7 Å². The quantitative estimate of drug-likeness (QED) is 0.796. The highest BCUT2D eigenvalue weighted by atomic mass is 35.5. The van der Waals surface area contributed by atoms with Gasteiger partial charge < -0.3 is 10.1 Å². The van der Waals surface area contributed by atoms with Crippen molar-refractivity contribution in [1.82, 2.24) is 10.0 Å². The lowest BCUT2D eigenvalue weighted by atomic mass is 10.2. The number of sulfonamides is 1. The Bertz CT molecular complexity index is 564. The number of methoxy groups -OCH3 is 1. The Kier molecular flexibility index (Phi) is 6.71. The summed E-state index contributed by atoms with van der Waals surface area (Å²) in [5, 5.41) is 3.40. The minimum absolute atomic E-state index is 0.0279. The van der Waals surface area contributed by atoms with Crippen LogP contribution in [0.25, 0.3) is 0 Å². The van der Waals surface area contributed by atoms with Gasteiger partial charge in [-0.25, -0.2) is 13.1 Å². The Labute approximate surface area is 129 Å². The lowest BCUT2D eigenvalue weighted by molar-refractivity contribution is 0.180. The second kappa shape index (κ2) is 7.59. The average molecular weight is 341 g/mol. The van der Waals surface area contributed by atoms with Crippen molar-refractivity contribution in [2.45, 2.75) is 24.4 Å². The van der Waals surface area contributed by atoms with Crippen molar-refractivity contribution in [1.29, 1.82) is 0 Å². The van der Waals surface area contributed by atoms with Crippen LogP contribution in [0.5, 0.6) is 0 Å². The van der Waals surface area contributed by atoms with Crippen LogP contribution in [0, 0.1) is 0 Å². The number of halogens is 2. The number of hydrogen-bond acceptors (Lipinski definition) is 4. The Morgan fingerprint density at radius 2 is 2.00 bits per heavy atom. The summed E-state index contributed by atoms with van der Waals surface area (Å²) >= 11 is 12.1. The number of benzene rings is 1. The molecule has 5 nitrogen and oxygen atoms in total. The largest absolute Gasteiger partial charge is 0.383 e. The molecule has 0 amide bonds. The maximum atomic E-state index is 12.3. The maximum Gasteiger partial charge on any atom is 0.242 e. The highest BCUT2D eigenvalue weighted by Gasteiger charge is 2.22. The van der Waals surface area contributed by atoms with Gasteiger partial charge in [-0.2, -0.15) is 0 Å². The van der Waals surface area contributed by atoms with Crippen molar-refractivity contribution in [3.8, 4) is 0 Å². The molecule has 1 rings (SSSR count). The fourth-order valence-corrected chi connectivity index (χ4v) is 3.91. The summed E-state index contributed by atoms with van der Waals surface area (Å²) in [6.07, 6.45) is 0. The van der Waals surface area contributed by atoms with Crippen molar-refractivity contribution >= 4 is 33.2 Å². The molecule has 0 aromatic heterocycles. The average Bonchev–Trinajstić information content (AvgIpc) is 2.33. The molecule has 1 atom stereocenters. The molecule has 20 heavy (non-hydrogen) atoms. The predicted molar refractivity (Wildman–Crippen MR) is 80.9 cm³/mol. The minimum atomic E-state index is -3.75. The molecule has 114 valence electrons. The molecule has 0 heterocycles. The Morgan fingerprint density at radius 1 is 1.35 bits per heavy atom. The fraction of sp³-hybridized carbons (Fsp3) is 0.500. The highest BCUT2D eigenvalue weighted by Crippen LogP contribution is 2.29. The van der Waals surface area contributed by atoms with E-state index in [1.807, 2.05) is 0 Å². The van der Waals surface area contributed by atoms with Gasteiger partial charge in [-0.3, -0.25) is 0 Å². The molecule has 0 bridgehead atoms. The number of rotatable bonds is 7. The van der Waals surface area contributed by atoms with E-state index in [4.69, 9.17) is 27.9 Å². The summed E-state index contributed by atoms with van der Waals surface area (Å²) in [5.41, 5.74) is 0.626. The van der Waals surface area contributed by atoms with Crippen molar-refractivity contribution in [2.75, 3.05) is 20.8 Å². The first-order chi connectivity index (χ1) is 9.31. The van der Waals surface area contributed by atoms with Crippen LogP contribution < -0.4 is 10.0 Å². The van der Waals surface area contributed by atoms with E-state index in [0.29, 0.717) is 17.1 Å². The van der Waals surface area contributed by atoms with Gasteiger partial charge in [0.25, 0.3) is 0 Å². The number of nitrogens with one attached hydrogen (secondary N) is 2. The van der Waals surface area contributed by atoms with Gasteiger partial charge in [-0.15, -0.1) is 0 Å². The van der Waals surface area contributed by atoms with E-state index < -0.39 is 10.0 Å². The van der Waals surface area contributed by atoms with E-state index in [0.717, 1.165) is 0 Å². The maximum absolute atomic E-state index is 12.3. The van der Waals surface area contributed by atoms with E-state index in [9.17, 15) is 8.42 Å². The molecule has 0 spiro atoms. The van der Waals surface area contributed by atoms with E-state index in [2.05, 4.69) is 10.0 Å². The molecule has 8 heteroatoms. The van der Waals surface area contributed by atoms with Gasteiger partial charge in [0.2, 0.25) is 10.0 Å². The summed E-state index contributed by atoms with van der Waals surface area (Å²) in [4.78, 5) is -0.0279. The molecule has 1 aromatic rings. The van der Waals surface area contributed by atoms with Crippen LogP contribution in [-0.2, 0) is 21.3 Å². The predicted octanol–water partition coefficient (Wildman–Crippen LogP) is 2.03. The molecule has 0 aliphatic carbocycles. The first kappa shape index (κ1) is 17.7. The normalized spacial score (nSPS) is 13.4. The standard InChI is InChI=1S/C12H18Cl2N2O3S/c1-8(7-19-3)16-20(17,18)11-5-10(13)4-9(6-15-2)12(11)14/h4-5,8,15-16H,6-7H2,1-3H3. The van der Waals surface area contributed by atoms with Gasteiger partial charge in [0.05, 0.1) is 11.6 Å². The molecule has 0 saturated heterocycles. The molecular formula is C12H18Cl2N2O3S. The SMILES string of the molecule is CNCc1cc(Cl)cc(S(=O)(=O)NC(C)COC)c1Cl. The van der Waals surface area contributed by atoms with Crippen LogP contribution in [0.4, 0.5) is 0 Å². The first-order valence-corrected chi connectivity index (χ1v) is 8.19. The lowest BCUT2D eigenvalue weighted by Gasteiger charge is -2.16. The molecule has 0 aliphatic heterocycles. The van der Waals surface area contributed by atoms with Gasteiger partial charge in [0, 0.05) is 24.7 Å². The Balaban J connectivity index is 3.17. The summed E-state index contributed by atoms with van der Waals surface area (Å²) in [5.74, 6) is 0. The fourth-order valence-electron chi connectivity index (χ4n) is 1.75. The zero-order chi connectivity index (χ0) is 15.3. The summed E-state index contributed by atoms with van der Waals surface area (Å²) < 4.78 is 32.0. The third kappa shape index (κ3) is 4.58. The molecule has 1 unspecified atom stereocenters. The molecule has 2 N–H and O–H groups in total. The summed E-state index contributed by atoms with van der Waals surface area (Å²) in [6, 6.07) is 2.61. The molecular weight excluding hydrogens is 323 g/mol. The van der Waals surface area contributed by atoms with Crippen molar-refractivity contribution < 1.29 is 13.2 Å². The second-order valence-electron chi connectivity index (χ2n) is 4.39. The van der Waals surface area contributed by atoms with Crippen LogP contribution in [0.3, 0.4) is 0 Å². The van der Waals surface area contributed by atoms with Gasteiger partial charge in [0.1, 0.15) is 4.90 Å². The van der Waals surface area contributed by atoms with Crippen LogP contribution in [0.2, 0.25) is 10.0 Å². The van der Waals surface area contributed by atoms with Gasteiger partial charge in [-0.1, -0.05) is 23.2 Å². The van der Waals surface area contributed by atoms with E-state index in [-0.39, 0.29) is 22.6 Å². The first-order valence-electron chi connectivity index (χ1n) is 5.95. The van der Waals surface area contributed by atoms with E-state index >= 15 is 0 Å². The van der Waals surface area contributed by atoms with Crippen LogP contribution in [-0.4, -0.2) is 35.2 Å². The van der Waals surface area contributed by atoms with Gasteiger partial charge in [0.15, 0.2) is 0 Å². The summed E-state index contributed by atoms with van der Waals surface area (Å²) in [6.45, 7) is 2.39. The van der Waals surface area contributed by atoms with Crippen LogP contribution in [0.15, 0.2) is 17.0 Å². The van der Waals surface area contributed by atoms with Crippen LogP contribution >= 0.6 is 23.2 Å². The van der Waals surface area contributed by atoms with Crippen LogP contribution in [0.1, 0.15) is 12.5 Å². The molecule has 0 fully saturated rings. The third-order valence-corrected chi connectivity index (χ3v) is 4.90. The monoisotopic (exact) mass is 340 g/mol. The molecule has 0 saturated carbocycles. The highest BCUT2D eigenvalue weighted by molar-refractivity contribution is 7.89. The zero-order valence-electron chi connectivity index (χ0n) is 11.5. The summed E-state index contributed by atoms with van der Waals surface area (Å²) in [7, 11) is -0.507. The molecule has 0 radical (unpaired) electrons. The van der Waals surface area contributed by atoms with Crippen molar-refractivity contribution in [3.05, 3.63) is 27.7 Å². The Hall–Kier alpha value is -0.370. The van der Waals surface area contributed by atoms with Crippen molar-refractivity contribution in [3.63, 3.8) is 0 Å². The van der Waals surface area contributed by atoms with E-state index in [1.54, 1.807) is 20.0 Å². The lowest BCUT2D eigenvalue weighted by Crippen LogP contribution is -2.35. The Morgan fingerprint density at radius 3 is 2.55 bits per heavy atom. The minimum Gasteiger partial charge on any atom is -0.383 e.